The Hall–Kier alpha value is -8.55. The normalized spacial score (nSPS) is 11.8. The van der Waals surface area contributed by atoms with Gasteiger partial charge in [0.05, 0.1) is 11.0 Å². The Morgan fingerprint density at radius 3 is 1.35 bits per heavy atom. The third-order valence-electron chi connectivity index (χ3n) is 13.6. The fourth-order valence-corrected chi connectivity index (χ4v) is 16.4. The van der Waals surface area contributed by atoms with E-state index in [1.165, 1.54) is 57.3 Å². The van der Waals surface area contributed by atoms with Crippen molar-refractivity contribution in [3.8, 4) is 51.0 Å². The molecule has 0 amide bonds. The molecule has 0 saturated heterocycles. The van der Waals surface area contributed by atoms with E-state index >= 15 is 0 Å². The van der Waals surface area contributed by atoms with Gasteiger partial charge in [-0.05, 0) is 68.3 Å². The van der Waals surface area contributed by atoms with Crippen molar-refractivity contribution in [1.82, 2.24) is 19.5 Å². The van der Waals surface area contributed by atoms with Crippen molar-refractivity contribution < 1.29 is 0 Å². The largest absolute Gasteiger partial charge is 0.309 e. The molecule has 0 aliphatic rings. The minimum absolute atomic E-state index is 0.611. The molecule has 0 fully saturated rings. The molecule has 0 aliphatic heterocycles. The number of hydrogen-bond acceptors (Lipinski definition) is 4. The van der Waals surface area contributed by atoms with Gasteiger partial charge in [0.2, 0.25) is 0 Å². The van der Waals surface area contributed by atoms with Gasteiger partial charge in [0.1, 0.15) is 0 Å². The second-order valence-corrected chi connectivity index (χ2v) is 22.4. The average molecular weight is 915 g/mol. The molecule has 0 bridgehead atoms. The van der Waals surface area contributed by atoms with Crippen LogP contribution in [0.2, 0.25) is 0 Å². The van der Waals surface area contributed by atoms with Crippen LogP contribution in [0.1, 0.15) is 0 Å². The summed E-state index contributed by atoms with van der Waals surface area (Å²) in [6.45, 7) is 0. The van der Waals surface area contributed by atoms with E-state index in [1.807, 2.05) is 11.3 Å². The van der Waals surface area contributed by atoms with E-state index in [0.29, 0.717) is 17.5 Å². The number of rotatable bonds is 9. The van der Waals surface area contributed by atoms with E-state index in [-0.39, 0.29) is 0 Å². The minimum Gasteiger partial charge on any atom is -0.309 e. The van der Waals surface area contributed by atoms with E-state index in [9.17, 15) is 0 Å². The smallest absolute Gasteiger partial charge is 0.179 e. The third kappa shape index (κ3) is 7.00. The van der Waals surface area contributed by atoms with Gasteiger partial charge in [-0.25, -0.2) is 15.0 Å². The van der Waals surface area contributed by atoms with Gasteiger partial charge < -0.3 is 4.57 Å². The van der Waals surface area contributed by atoms with Crippen molar-refractivity contribution in [3.63, 3.8) is 0 Å². The summed E-state index contributed by atoms with van der Waals surface area (Å²) in [6, 6.07) is 92.0. The number of para-hydroxylation sites is 2. The highest BCUT2D eigenvalue weighted by Gasteiger charge is 2.41. The van der Waals surface area contributed by atoms with Crippen molar-refractivity contribution in [2.75, 3.05) is 0 Å². The lowest BCUT2D eigenvalue weighted by Gasteiger charge is -2.34. The zero-order valence-electron chi connectivity index (χ0n) is 37.4. The molecule has 69 heavy (non-hydrogen) atoms. The lowest BCUT2D eigenvalue weighted by atomic mass is 10.0. The quantitative estimate of drug-likeness (QED) is 0.107. The monoisotopic (exact) mass is 914 g/mol. The van der Waals surface area contributed by atoms with Gasteiger partial charge in [0.15, 0.2) is 25.5 Å². The molecule has 0 atom stereocenters. The summed E-state index contributed by atoms with van der Waals surface area (Å²) >= 11 is 1.84. The summed E-state index contributed by atoms with van der Waals surface area (Å²) in [5, 5.41) is 10.2. The number of nitrogens with zero attached hydrogens (tertiary/aromatic N) is 4. The lowest BCUT2D eigenvalue weighted by Crippen LogP contribution is -2.74. The van der Waals surface area contributed by atoms with E-state index in [4.69, 9.17) is 15.0 Å². The highest BCUT2D eigenvalue weighted by Crippen LogP contribution is 2.37. The first kappa shape index (κ1) is 40.7. The van der Waals surface area contributed by atoms with Crippen molar-refractivity contribution in [3.05, 3.63) is 255 Å². The van der Waals surface area contributed by atoms with Gasteiger partial charge in [0.25, 0.3) is 0 Å². The molecule has 10 aromatic carbocycles. The second-order valence-electron chi connectivity index (χ2n) is 17.5. The first-order chi connectivity index (χ1) is 34.2. The van der Waals surface area contributed by atoms with Crippen LogP contribution in [-0.4, -0.2) is 27.6 Å². The van der Waals surface area contributed by atoms with E-state index in [2.05, 4.69) is 259 Å². The molecule has 0 unspecified atom stereocenters. The fraction of sp³-hybridized carbons (Fsp3) is 0. The Morgan fingerprint density at radius 2 is 0.739 bits per heavy atom. The Morgan fingerprint density at radius 1 is 0.290 bits per heavy atom. The lowest BCUT2D eigenvalue weighted by molar-refractivity contribution is 1.07. The molecule has 4 nitrogen and oxygen atoms in total. The summed E-state index contributed by atoms with van der Waals surface area (Å²) in [5.74, 6) is 1.85. The number of benzene rings is 10. The average Bonchev–Trinajstić information content (AvgIpc) is 3.98. The third-order valence-corrected chi connectivity index (χ3v) is 19.5. The molecule has 13 rings (SSSR count). The molecule has 13 aromatic rings. The fourth-order valence-electron chi connectivity index (χ4n) is 10.4. The topological polar surface area (TPSA) is 43.6 Å². The Labute approximate surface area is 405 Å². The molecule has 0 radical (unpaired) electrons. The summed E-state index contributed by atoms with van der Waals surface area (Å²) in [4.78, 5) is 16.0. The van der Waals surface area contributed by atoms with Gasteiger partial charge >= 0.3 is 0 Å². The summed E-state index contributed by atoms with van der Waals surface area (Å²) in [6.07, 6.45) is 0. The molecular formula is C63H42N4SSi. The van der Waals surface area contributed by atoms with Gasteiger partial charge in [0, 0.05) is 53.3 Å². The van der Waals surface area contributed by atoms with Crippen LogP contribution < -0.4 is 20.7 Å². The molecule has 0 spiro atoms. The number of thiophene rings is 1. The van der Waals surface area contributed by atoms with Gasteiger partial charge in [-0.1, -0.05) is 218 Å². The maximum atomic E-state index is 5.39. The SMILES string of the molecule is c1ccc([Si](c2ccccc2)(c2ccccc2)c2cccc(-c3nc(-c4ccc(-c5ccc6c(c5)sc5ccccc56)cc4)nc(-c4cccc(-n5c6ccccc6c6ccccc65)c4)n3)c2)cc1. The van der Waals surface area contributed by atoms with E-state index in [1.54, 1.807) is 0 Å². The van der Waals surface area contributed by atoms with Crippen LogP contribution in [0.15, 0.2) is 255 Å². The van der Waals surface area contributed by atoms with E-state index < -0.39 is 8.07 Å². The predicted molar refractivity (Wildman–Crippen MR) is 292 cm³/mol. The first-order valence-electron chi connectivity index (χ1n) is 23.3. The van der Waals surface area contributed by atoms with Gasteiger partial charge in [-0.2, -0.15) is 0 Å². The van der Waals surface area contributed by atoms with Crippen LogP contribution in [-0.2, 0) is 0 Å². The minimum atomic E-state index is -2.84. The highest BCUT2D eigenvalue weighted by molar-refractivity contribution is 7.25. The molecule has 3 aromatic heterocycles. The Bertz CT molecular complexity index is 3860. The van der Waals surface area contributed by atoms with Gasteiger partial charge in [-0.15, -0.1) is 11.3 Å². The Balaban J connectivity index is 0.982. The highest BCUT2D eigenvalue weighted by atomic mass is 32.1. The van der Waals surface area contributed by atoms with Crippen LogP contribution >= 0.6 is 11.3 Å². The molecule has 324 valence electrons. The van der Waals surface area contributed by atoms with Crippen LogP contribution in [0.3, 0.4) is 0 Å². The summed E-state index contributed by atoms with van der Waals surface area (Å²) < 4.78 is 4.94. The summed E-state index contributed by atoms with van der Waals surface area (Å²) in [7, 11) is -2.84. The molecule has 0 saturated carbocycles. The molecule has 3 heterocycles. The number of aromatic nitrogens is 4. The zero-order valence-corrected chi connectivity index (χ0v) is 39.3. The van der Waals surface area contributed by atoms with Crippen molar-refractivity contribution in [2.24, 2.45) is 0 Å². The zero-order chi connectivity index (χ0) is 45.7. The van der Waals surface area contributed by atoms with Crippen molar-refractivity contribution in [2.45, 2.75) is 0 Å². The predicted octanol–water partition coefficient (Wildman–Crippen LogP) is 13.4. The molecule has 6 heteroatoms. The van der Waals surface area contributed by atoms with Crippen molar-refractivity contribution >= 4 is 82.1 Å². The molecule has 0 N–H and O–H groups in total. The Kier molecular flexibility index (Phi) is 10.00. The molecular weight excluding hydrogens is 873 g/mol. The maximum Gasteiger partial charge on any atom is 0.179 e. The second kappa shape index (κ2) is 17.0. The summed E-state index contributed by atoms with van der Waals surface area (Å²) in [5.41, 5.74) is 8.43. The first-order valence-corrected chi connectivity index (χ1v) is 26.2. The molecule has 0 aliphatic carbocycles. The number of fused-ring (bicyclic) bond motifs is 6. The standard InChI is InChI=1S/C63H42N4SSi/c1-4-21-49(22-5-1)69(50-23-6-2-7-24-50,51-25-8-3-9-26-51)52-27-17-19-47(41-52)63-65-61(44-36-34-43(35-37-44)45-38-39-56-55-30-12-15-33-59(55)68-60(56)42-45)64-62(66-63)46-18-16-20-48(40-46)67-57-31-13-10-28-53(57)54-29-11-14-32-58(54)67/h1-42H. The van der Waals surface area contributed by atoms with Gasteiger partial charge in [-0.3, -0.25) is 0 Å². The maximum absolute atomic E-state index is 5.39. The van der Waals surface area contributed by atoms with Crippen molar-refractivity contribution in [1.29, 1.82) is 0 Å². The van der Waals surface area contributed by atoms with Crippen LogP contribution in [0.4, 0.5) is 0 Å². The van der Waals surface area contributed by atoms with E-state index in [0.717, 1.165) is 39.0 Å². The van der Waals surface area contributed by atoms with Crippen LogP contribution in [0.25, 0.3) is 93.0 Å². The van der Waals surface area contributed by atoms with Crippen LogP contribution in [0.5, 0.6) is 0 Å². The number of hydrogen-bond donors (Lipinski definition) is 0. The van der Waals surface area contributed by atoms with Crippen LogP contribution in [0, 0.1) is 0 Å².